The van der Waals surface area contributed by atoms with Crippen LogP contribution in [-0.4, -0.2) is 53.3 Å². The highest BCUT2D eigenvalue weighted by Gasteiger charge is 2.34. The number of carboxylic acid groups (broad SMARTS) is 1. The number of rotatable bonds is 2. The molecular formula is C14H24N2O4. The van der Waals surface area contributed by atoms with E-state index in [0.717, 1.165) is 19.3 Å². The molecule has 20 heavy (non-hydrogen) atoms. The number of nitrogens with zero attached hydrogens (tertiary/aromatic N) is 1. The van der Waals surface area contributed by atoms with Crippen LogP contribution in [0.2, 0.25) is 0 Å². The van der Waals surface area contributed by atoms with Gasteiger partial charge in [0, 0.05) is 19.1 Å². The Labute approximate surface area is 119 Å². The van der Waals surface area contributed by atoms with Crippen molar-refractivity contribution in [3.63, 3.8) is 0 Å². The van der Waals surface area contributed by atoms with E-state index >= 15 is 0 Å². The Bertz CT molecular complexity index is 364. The third-order valence-electron chi connectivity index (χ3n) is 4.10. The van der Waals surface area contributed by atoms with Gasteiger partial charge in [-0.3, -0.25) is 4.79 Å². The van der Waals surface area contributed by atoms with Crippen LogP contribution in [0.4, 0.5) is 4.79 Å². The van der Waals surface area contributed by atoms with Gasteiger partial charge in [-0.2, -0.15) is 0 Å². The fourth-order valence-corrected chi connectivity index (χ4v) is 3.19. The Balaban J connectivity index is 1.94. The van der Waals surface area contributed by atoms with E-state index in [2.05, 4.69) is 5.32 Å². The van der Waals surface area contributed by atoms with Crippen LogP contribution in [0.5, 0.6) is 0 Å². The van der Waals surface area contributed by atoms with Crippen molar-refractivity contribution in [2.45, 2.75) is 57.8 Å². The highest BCUT2D eigenvalue weighted by molar-refractivity contribution is 5.77. The Morgan fingerprint density at radius 1 is 1.15 bits per heavy atom. The average molecular weight is 284 g/mol. The molecule has 1 aliphatic heterocycles. The van der Waals surface area contributed by atoms with E-state index < -0.39 is 11.9 Å². The molecule has 2 unspecified atom stereocenters. The molecule has 1 saturated carbocycles. The molecule has 1 saturated heterocycles. The van der Waals surface area contributed by atoms with Gasteiger partial charge in [0.15, 0.2) is 0 Å². The number of urea groups is 1. The van der Waals surface area contributed by atoms with Crippen molar-refractivity contribution in [3.05, 3.63) is 0 Å². The molecule has 6 nitrogen and oxygen atoms in total. The lowest BCUT2D eigenvalue weighted by atomic mass is 9.84. The minimum Gasteiger partial charge on any atom is -0.481 e. The monoisotopic (exact) mass is 284 g/mol. The van der Waals surface area contributed by atoms with Crippen molar-refractivity contribution in [2.24, 2.45) is 5.92 Å². The van der Waals surface area contributed by atoms with E-state index in [4.69, 9.17) is 4.74 Å². The van der Waals surface area contributed by atoms with Gasteiger partial charge >= 0.3 is 12.0 Å². The van der Waals surface area contributed by atoms with Gasteiger partial charge in [0.2, 0.25) is 0 Å². The van der Waals surface area contributed by atoms with Crippen LogP contribution in [0.15, 0.2) is 0 Å². The summed E-state index contributed by atoms with van der Waals surface area (Å²) in [5.74, 6) is -1.26. The summed E-state index contributed by atoms with van der Waals surface area (Å²) in [6.07, 6.45) is 3.34. The maximum atomic E-state index is 12.3. The van der Waals surface area contributed by atoms with Crippen molar-refractivity contribution in [1.82, 2.24) is 10.2 Å². The van der Waals surface area contributed by atoms with Crippen molar-refractivity contribution in [1.29, 1.82) is 0 Å². The third-order valence-corrected chi connectivity index (χ3v) is 4.10. The van der Waals surface area contributed by atoms with Gasteiger partial charge in [0.05, 0.1) is 18.1 Å². The molecule has 2 N–H and O–H groups in total. The second-order valence-electron chi connectivity index (χ2n) is 5.95. The molecule has 0 aromatic carbocycles. The van der Waals surface area contributed by atoms with Gasteiger partial charge in [0.25, 0.3) is 0 Å². The summed E-state index contributed by atoms with van der Waals surface area (Å²) >= 11 is 0. The molecule has 2 aliphatic rings. The van der Waals surface area contributed by atoms with Crippen LogP contribution in [-0.2, 0) is 9.53 Å². The molecule has 114 valence electrons. The Hall–Kier alpha value is -1.30. The molecule has 2 fully saturated rings. The number of ether oxygens (including phenoxy) is 1. The highest BCUT2D eigenvalue weighted by Crippen LogP contribution is 2.25. The molecule has 0 aromatic rings. The average Bonchev–Trinajstić information content (AvgIpc) is 2.37. The predicted octanol–water partition coefficient (Wildman–Crippen LogP) is 1.45. The molecule has 1 aliphatic carbocycles. The Kier molecular flexibility index (Phi) is 4.86. The highest BCUT2D eigenvalue weighted by atomic mass is 16.5. The van der Waals surface area contributed by atoms with Gasteiger partial charge < -0.3 is 20.1 Å². The molecule has 0 radical (unpaired) electrons. The van der Waals surface area contributed by atoms with Crippen LogP contribution in [0.3, 0.4) is 0 Å². The molecule has 1 heterocycles. The molecule has 0 spiro atoms. The number of aliphatic carboxylic acids is 1. The van der Waals surface area contributed by atoms with Crippen LogP contribution < -0.4 is 5.32 Å². The van der Waals surface area contributed by atoms with E-state index in [1.165, 1.54) is 0 Å². The number of carboxylic acids is 1. The summed E-state index contributed by atoms with van der Waals surface area (Å²) in [6, 6.07) is -0.410. The zero-order valence-corrected chi connectivity index (χ0v) is 12.2. The van der Waals surface area contributed by atoms with E-state index in [1.54, 1.807) is 4.90 Å². The normalized spacial score (nSPS) is 34.6. The maximum absolute atomic E-state index is 12.3. The first-order valence-electron chi connectivity index (χ1n) is 7.41. The standard InChI is InChI=1S/C14H24N2O4/c1-9-7-16(8-10(2)20-9)14(19)15-12-6-4-3-5-11(12)13(17)18/h9-12H,3-8H2,1-2H3,(H,15,19)(H,17,18)/t9-,10+,11?,12?. The Morgan fingerprint density at radius 3 is 2.35 bits per heavy atom. The number of amides is 2. The second kappa shape index (κ2) is 6.43. The van der Waals surface area contributed by atoms with Crippen molar-refractivity contribution >= 4 is 12.0 Å². The fourth-order valence-electron chi connectivity index (χ4n) is 3.19. The summed E-state index contributed by atoms with van der Waals surface area (Å²) in [5, 5.41) is 12.1. The second-order valence-corrected chi connectivity index (χ2v) is 5.95. The first kappa shape index (κ1) is 15.1. The largest absolute Gasteiger partial charge is 0.481 e. The minimum absolute atomic E-state index is 0.0196. The molecule has 4 atom stereocenters. The molecule has 0 aromatic heterocycles. The zero-order chi connectivity index (χ0) is 14.7. The molecule has 0 bridgehead atoms. The Morgan fingerprint density at radius 2 is 1.75 bits per heavy atom. The predicted molar refractivity (Wildman–Crippen MR) is 73.5 cm³/mol. The number of nitrogens with one attached hydrogen (secondary N) is 1. The topological polar surface area (TPSA) is 78.9 Å². The van der Waals surface area contributed by atoms with Crippen LogP contribution in [0.1, 0.15) is 39.5 Å². The molecular weight excluding hydrogens is 260 g/mol. The third kappa shape index (κ3) is 3.62. The van der Waals surface area contributed by atoms with E-state index in [0.29, 0.717) is 19.5 Å². The lowest BCUT2D eigenvalue weighted by Gasteiger charge is -2.37. The number of carbonyl (C=O) groups is 2. The summed E-state index contributed by atoms with van der Waals surface area (Å²) < 4.78 is 5.60. The summed E-state index contributed by atoms with van der Waals surface area (Å²) in [6.45, 7) is 4.99. The zero-order valence-electron chi connectivity index (χ0n) is 12.2. The number of morpholine rings is 1. The van der Waals surface area contributed by atoms with E-state index in [-0.39, 0.29) is 24.3 Å². The fraction of sp³-hybridized carbons (Fsp3) is 0.857. The smallest absolute Gasteiger partial charge is 0.317 e. The lowest BCUT2D eigenvalue weighted by Crippen LogP contribution is -2.55. The maximum Gasteiger partial charge on any atom is 0.317 e. The summed E-state index contributed by atoms with van der Waals surface area (Å²) in [5.41, 5.74) is 0. The number of hydrogen-bond donors (Lipinski definition) is 2. The van der Waals surface area contributed by atoms with Crippen LogP contribution in [0, 0.1) is 5.92 Å². The van der Waals surface area contributed by atoms with Gasteiger partial charge in [0.1, 0.15) is 0 Å². The van der Waals surface area contributed by atoms with E-state index in [9.17, 15) is 14.7 Å². The lowest BCUT2D eigenvalue weighted by molar-refractivity contribution is -0.143. The van der Waals surface area contributed by atoms with E-state index in [1.807, 2.05) is 13.8 Å². The van der Waals surface area contributed by atoms with Gasteiger partial charge in [-0.15, -0.1) is 0 Å². The van der Waals surface area contributed by atoms with Gasteiger partial charge in [-0.05, 0) is 26.7 Å². The number of carbonyl (C=O) groups excluding carboxylic acids is 1. The quantitative estimate of drug-likeness (QED) is 0.804. The summed E-state index contributed by atoms with van der Waals surface area (Å²) in [4.78, 5) is 25.3. The molecule has 2 amide bonds. The van der Waals surface area contributed by atoms with Gasteiger partial charge in [-0.25, -0.2) is 4.79 Å². The van der Waals surface area contributed by atoms with Crippen LogP contribution in [0.25, 0.3) is 0 Å². The molecule has 2 rings (SSSR count). The van der Waals surface area contributed by atoms with Crippen molar-refractivity contribution < 1.29 is 19.4 Å². The SMILES string of the molecule is C[C@@H]1CN(C(=O)NC2CCCCC2C(=O)O)C[C@H](C)O1. The van der Waals surface area contributed by atoms with Gasteiger partial charge in [-0.1, -0.05) is 12.8 Å². The van der Waals surface area contributed by atoms with Crippen molar-refractivity contribution in [3.8, 4) is 0 Å². The minimum atomic E-state index is -0.807. The van der Waals surface area contributed by atoms with Crippen molar-refractivity contribution in [2.75, 3.05) is 13.1 Å². The first-order chi connectivity index (χ1) is 9.47. The van der Waals surface area contributed by atoms with Crippen LogP contribution >= 0.6 is 0 Å². The summed E-state index contributed by atoms with van der Waals surface area (Å²) in [7, 11) is 0. The molecule has 6 heteroatoms. The first-order valence-corrected chi connectivity index (χ1v) is 7.41. The number of hydrogen-bond acceptors (Lipinski definition) is 3.